The molecule has 2 nitrogen and oxygen atoms in total. The van der Waals surface area contributed by atoms with Crippen LogP contribution in [-0.2, 0) is 19.3 Å². The van der Waals surface area contributed by atoms with E-state index in [4.69, 9.17) is 10.7 Å². The molecule has 2 atom stereocenters. The van der Waals surface area contributed by atoms with Gasteiger partial charge in [-0.25, -0.2) is 4.98 Å². The van der Waals surface area contributed by atoms with E-state index in [1.165, 1.54) is 51.5 Å². The fraction of sp³-hybridized carbons (Fsp3) is 0.591. The normalized spacial score (nSPS) is 22.7. The van der Waals surface area contributed by atoms with Gasteiger partial charge in [0, 0.05) is 6.04 Å². The molecule has 0 bridgehead atoms. The van der Waals surface area contributed by atoms with E-state index in [-0.39, 0.29) is 0 Å². The number of hydrogen-bond donors (Lipinski definition) is 1. The van der Waals surface area contributed by atoms with Crippen LogP contribution in [0.4, 0.5) is 0 Å². The summed E-state index contributed by atoms with van der Waals surface area (Å²) in [7, 11) is 0. The molecule has 1 aromatic heterocycles. The van der Waals surface area contributed by atoms with Gasteiger partial charge in [0.15, 0.2) is 0 Å². The van der Waals surface area contributed by atoms with Crippen molar-refractivity contribution in [2.45, 2.75) is 77.7 Å². The fourth-order valence-electron chi connectivity index (χ4n) is 4.24. The van der Waals surface area contributed by atoms with E-state index < -0.39 is 0 Å². The molecule has 3 heteroatoms. The number of thiazole rings is 1. The summed E-state index contributed by atoms with van der Waals surface area (Å²) in [6.07, 6.45) is 8.13. The highest BCUT2D eigenvalue weighted by Gasteiger charge is 2.26. The van der Waals surface area contributed by atoms with Gasteiger partial charge in [0.1, 0.15) is 0 Å². The number of nitrogens with zero attached hydrogens (tertiary/aromatic N) is 1. The first-order valence-electron chi connectivity index (χ1n) is 9.76. The third-order valence-corrected chi connectivity index (χ3v) is 6.97. The Balaban J connectivity index is 1.58. The largest absolute Gasteiger partial charge is 0.328 e. The van der Waals surface area contributed by atoms with Gasteiger partial charge in [-0.3, -0.25) is 0 Å². The summed E-state index contributed by atoms with van der Waals surface area (Å²) < 4.78 is 0. The highest BCUT2D eigenvalue weighted by molar-refractivity contribution is 7.15. The minimum atomic E-state index is 0.376. The zero-order valence-electron chi connectivity index (χ0n) is 15.8. The molecule has 0 aliphatic heterocycles. The third-order valence-electron chi connectivity index (χ3n) is 5.78. The summed E-state index contributed by atoms with van der Waals surface area (Å²) in [5.41, 5.74) is 12.3. The second kappa shape index (κ2) is 6.51. The molecule has 0 amide bonds. The minimum Gasteiger partial charge on any atom is -0.328 e. The summed E-state index contributed by atoms with van der Waals surface area (Å²) in [4.78, 5) is 6.39. The fourth-order valence-corrected chi connectivity index (χ4v) is 5.41. The summed E-state index contributed by atoms with van der Waals surface area (Å²) in [5, 5.41) is 1.32. The Labute approximate surface area is 155 Å². The Morgan fingerprint density at radius 1 is 1.20 bits per heavy atom. The number of rotatable bonds is 3. The van der Waals surface area contributed by atoms with Gasteiger partial charge >= 0.3 is 0 Å². The zero-order chi connectivity index (χ0) is 17.6. The lowest BCUT2D eigenvalue weighted by Crippen LogP contribution is -2.14. The van der Waals surface area contributed by atoms with E-state index >= 15 is 0 Å². The zero-order valence-corrected chi connectivity index (χ0v) is 16.6. The van der Waals surface area contributed by atoms with E-state index in [2.05, 4.69) is 39.0 Å². The third kappa shape index (κ3) is 3.68. The van der Waals surface area contributed by atoms with Crippen molar-refractivity contribution in [3.05, 3.63) is 40.0 Å². The van der Waals surface area contributed by atoms with E-state index in [0.717, 1.165) is 25.7 Å². The first kappa shape index (κ1) is 17.2. The molecular weight excluding hydrogens is 324 g/mol. The average Bonchev–Trinajstić information content (AvgIpc) is 3.17. The SMILES string of the molecule is CC(C)(C)CCc1nc2c(s1)-c1ccc(C3CCC(N)C3)cc1CC2. The maximum absolute atomic E-state index is 6.12. The summed E-state index contributed by atoms with van der Waals surface area (Å²) in [6, 6.07) is 7.58. The molecule has 0 saturated heterocycles. The first-order valence-corrected chi connectivity index (χ1v) is 10.6. The standard InChI is InChI=1S/C22H30N2S/c1-22(2,3)11-10-20-24-19-9-6-16-12-14(15-4-7-17(23)13-15)5-8-18(16)21(19)25-20/h5,8,12,15,17H,4,6-7,9-11,13,23H2,1-3H3. The van der Waals surface area contributed by atoms with Crippen LogP contribution in [0.2, 0.25) is 0 Å². The predicted octanol–water partition coefficient (Wildman–Crippen LogP) is 5.48. The van der Waals surface area contributed by atoms with Gasteiger partial charge < -0.3 is 5.73 Å². The molecule has 25 heavy (non-hydrogen) atoms. The Kier molecular flexibility index (Phi) is 4.49. The number of aromatic nitrogens is 1. The van der Waals surface area contributed by atoms with E-state index in [1.54, 1.807) is 0 Å². The molecule has 0 spiro atoms. The van der Waals surface area contributed by atoms with Crippen molar-refractivity contribution >= 4 is 11.3 Å². The molecule has 1 heterocycles. The van der Waals surface area contributed by atoms with Crippen molar-refractivity contribution in [2.75, 3.05) is 0 Å². The molecule has 2 aromatic rings. The van der Waals surface area contributed by atoms with Crippen LogP contribution in [0.3, 0.4) is 0 Å². The van der Waals surface area contributed by atoms with Crippen LogP contribution in [-0.4, -0.2) is 11.0 Å². The van der Waals surface area contributed by atoms with Crippen molar-refractivity contribution in [1.29, 1.82) is 0 Å². The van der Waals surface area contributed by atoms with E-state index in [0.29, 0.717) is 17.4 Å². The smallest absolute Gasteiger partial charge is 0.0934 e. The molecule has 1 fully saturated rings. The Morgan fingerprint density at radius 2 is 2.04 bits per heavy atom. The molecule has 4 rings (SSSR count). The van der Waals surface area contributed by atoms with Crippen LogP contribution in [0.1, 0.15) is 74.2 Å². The average molecular weight is 355 g/mol. The minimum absolute atomic E-state index is 0.376. The maximum Gasteiger partial charge on any atom is 0.0934 e. The maximum atomic E-state index is 6.12. The van der Waals surface area contributed by atoms with Gasteiger partial charge in [-0.05, 0) is 73.0 Å². The highest BCUT2D eigenvalue weighted by Crippen LogP contribution is 2.41. The van der Waals surface area contributed by atoms with Crippen LogP contribution >= 0.6 is 11.3 Å². The van der Waals surface area contributed by atoms with Crippen LogP contribution in [0.5, 0.6) is 0 Å². The Bertz CT molecular complexity index is 769. The lowest BCUT2D eigenvalue weighted by atomic mass is 9.88. The quantitative estimate of drug-likeness (QED) is 0.792. The molecule has 0 radical (unpaired) electrons. The van der Waals surface area contributed by atoms with Crippen LogP contribution in [0, 0.1) is 5.41 Å². The van der Waals surface area contributed by atoms with Gasteiger partial charge in [0.25, 0.3) is 0 Å². The molecule has 2 aliphatic carbocycles. The number of fused-ring (bicyclic) bond motifs is 3. The second-order valence-electron chi connectivity index (χ2n) is 9.13. The van der Waals surface area contributed by atoms with Gasteiger partial charge in [0.05, 0.1) is 15.6 Å². The lowest BCUT2D eigenvalue weighted by molar-refractivity contribution is 0.378. The molecule has 134 valence electrons. The predicted molar refractivity (Wildman–Crippen MR) is 107 cm³/mol. The van der Waals surface area contributed by atoms with Crippen molar-refractivity contribution < 1.29 is 0 Å². The number of hydrogen-bond acceptors (Lipinski definition) is 3. The van der Waals surface area contributed by atoms with E-state index in [1.807, 2.05) is 11.3 Å². The Morgan fingerprint density at radius 3 is 2.76 bits per heavy atom. The van der Waals surface area contributed by atoms with Crippen LogP contribution in [0.15, 0.2) is 18.2 Å². The molecule has 2 aliphatic rings. The number of benzene rings is 1. The number of aryl methyl sites for hydroxylation is 3. The van der Waals surface area contributed by atoms with Gasteiger partial charge in [-0.15, -0.1) is 11.3 Å². The summed E-state index contributed by atoms with van der Waals surface area (Å²) >= 11 is 1.93. The highest BCUT2D eigenvalue weighted by atomic mass is 32.1. The molecule has 1 aromatic carbocycles. The monoisotopic (exact) mass is 354 g/mol. The first-order chi connectivity index (χ1) is 11.9. The second-order valence-corrected chi connectivity index (χ2v) is 10.2. The Hall–Kier alpha value is -1.19. The number of nitrogens with two attached hydrogens (primary N) is 1. The van der Waals surface area contributed by atoms with Crippen LogP contribution in [0.25, 0.3) is 10.4 Å². The van der Waals surface area contributed by atoms with Gasteiger partial charge in [-0.1, -0.05) is 39.0 Å². The van der Waals surface area contributed by atoms with E-state index in [9.17, 15) is 0 Å². The van der Waals surface area contributed by atoms with Crippen molar-refractivity contribution in [2.24, 2.45) is 11.1 Å². The molecule has 2 N–H and O–H groups in total. The van der Waals surface area contributed by atoms with Crippen molar-refractivity contribution in [1.82, 2.24) is 4.98 Å². The molecular formula is C22H30N2S. The molecule has 2 unspecified atom stereocenters. The van der Waals surface area contributed by atoms with Gasteiger partial charge in [-0.2, -0.15) is 0 Å². The summed E-state index contributed by atoms with van der Waals surface area (Å²) in [5.74, 6) is 0.672. The summed E-state index contributed by atoms with van der Waals surface area (Å²) in [6.45, 7) is 6.94. The van der Waals surface area contributed by atoms with Crippen LogP contribution < -0.4 is 5.73 Å². The van der Waals surface area contributed by atoms with Gasteiger partial charge in [0.2, 0.25) is 0 Å². The molecule has 1 saturated carbocycles. The van der Waals surface area contributed by atoms with Crippen molar-refractivity contribution in [3.63, 3.8) is 0 Å². The lowest BCUT2D eigenvalue weighted by Gasteiger charge is -2.18. The van der Waals surface area contributed by atoms with Crippen molar-refractivity contribution in [3.8, 4) is 10.4 Å². The topological polar surface area (TPSA) is 38.9 Å².